The molecule has 0 saturated carbocycles. The first-order valence-corrected chi connectivity index (χ1v) is 12.7. The molecule has 1 aromatic carbocycles. The summed E-state index contributed by atoms with van der Waals surface area (Å²) in [6.45, 7) is 12.0. The van der Waals surface area contributed by atoms with Crippen molar-refractivity contribution in [3.8, 4) is 0 Å². The van der Waals surface area contributed by atoms with Crippen molar-refractivity contribution in [3.05, 3.63) is 29.8 Å². The van der Waals surface area contributed by atoms with Gasteiger partial charge in [0, 0.05) is 16.9 Å². The average Bonchev–Trinajstić information content (AvgIpc) is 2.54. The molecule has 1 N–H and O–H groups in total. The van der Waals surface area contributed by atoms with E-state index in [0.29, 0.717) is 6.42 Å². The molecule has 0 atom stereocenters. The Bertz CT molecular complexity index is 668. The number of unbranched alkanes of at least 4 members (excludes halogenated alkanes) is 2. The fraction of sp³-hybridized carbons (Fsp3) is 0.650. The Morgan fingerprint density at radius 2 is 1.54 bits per heavy atom. The minimum absolute atomic E-state index is 0.0258. The Balaban J connectivity index is 3.13. The second-order valence-corrected chi connectivity index (χ2v) is 13.2. The van der Waals surface area contributed by atoms with Gasteiger partial charge in [-0.1, -0.05) is 37.5 Å². The normalized spacial score (nSPS) is 13.4. The molecule has 26 heavy (non-hydrogen) atoms. The monoisotopic (exact) mass is 403 g/mol. The molecule has 0 aromatic heterocycles. The van der Waals surface area contributed by atoms with E-state index in [9.17, 15) is 13.2 Å². The molecule has 0 amide bonds. The van der Waals surface area contributed by atoms with Gasteiger partial charge in [0.2, 0.25) is 0 Å². The first-order chi connectivity index (χ1) is 12.0. The first kappa shape index (κ1) is 23.2. The van der Waals surface area contributed by atoms with E-state index in [2.05, 4.69) is 10.6 Å². The second-order valence-electron chi connectivity index (χ2n) is 7.41. The number of hydrogen-bond donors (Lipinski definition) is 0. The van der Waals surface area contributed by atoms with Gasteiger partial charge >= 0.3 is 10.1 Å². The van der Waals surface area contributed by atoms with Gasteiger partial charge in [-0.2, -0.15) is 0 Å². The van der Waals surface area contributed by atoms with Gasteiger partial charge in [0.1, 0.15) is 10.7 Å². The van der Waals surface area contributed by atoms with E-state index in [4.69, 9.17) is 0 Å². The number of Topliss-reactive ketones (excluding diaryl/α,β-unsaturated/α-hetero) is 1. The number of rotatable bonds is 11. The van der Waals surface area contributed by atoms with Crippen LogP contribution in [0.15, 0.2) is 29.2 Å². The molecule has 0 saturated heterocycles. The predicted molar refractivity (Wildman–Crippen MR) is 113 cm³/mol. The molecule has 0 aliphatic carbocycles. The summed E-state index contributed by atoms with van der Waals surface area (Å²) < 4.78 is 30.3. The van der Waals surface area contributed by atoms with Gasteiger partial charge in [0.05, 0.1) is 5.75 Å². The van der Waals surface area contributed by atoms with Crippen LogP contribution < -0.4 is 0 Å². The lowest BCUT2D eigenvalue weighted by atomic mass is 10.2. The van der Waals surface area contributed by atoms with Gasteiger partial charge in [0.25, 0.3) is 0 Å². The van der Waals surface area contributed by atoms with Crippen LogP contribution in [0.1, 0.15) is 65.9 Å². The molecule has 4 nitrogen and oxygen atoms in total. The summed E-state index contributed by atoms with van der Waals surface area (Å²) >= 11 is 0. The van der Waals surface area contributed by atoms with Crippen LogP contribution in [-0.2, 0) is 14.9 Å². The Morgan fingerprint density at radius 1 is 1.00 bits per heavy atom. The van der Waals surface area contributed by atoms with Gasteiger partial charge in [-0.05, 0) is 63.5 Å². The maximum atomic E-state index is 13.0. The molecule has 0 radical (unpaired) electrons. The van der Waals surface area contributed by atoms with E-state index < -0.39 is 20.4 Å². The molecule has 0 aliphatic heterocycles. The smallest absolute Gasteiger partial charge is 0.299 e. The summed E-state index contributed by atoms with van der Waals surface area (Å²) in [6, 6.07) is 6.75. The summed E-state index contributed by atoms with van der Waals surface area (Å²) in [7, 11) is -5.78. The van der Waals surface area contributed by atoms with E-state index >= 15 is 0 Å². The highest BCUT2D eigenvalue weighted by atomic mass is 32.3. The van der Waals surface area contributed by atoms with Crippen molar-refractivity contribution in [2.24, 2.45) is 0 Å². The van der Waals surface area contributed by atoms with E-state index in [0.717, 1.165) is 24.8 Å². The van der Waals surface area contributed by atoms with Gasteiger partial charge in [-0.25, -0.2) is 0 Å². The van der Waals surface area contributed by atoms with Crippen molar-refractivity contribution in [2.45, 2.75) is 82.6 Å². The van der Waals surface area contributed by atoms with Crippen LogP contribution in [-0.4, -0.2) is 34.1 Å². The molecule has 6 heteroatoms. The van der Waals surface area contributed by atoms with Gasteiger partial charge < -0.3 is 0 Å². The minimum Gasteiger partial charge on any atom is -0.299 e. The number of carbonyl (C=O) groups is 1. The van der Waals surface area contributed by atoms with Crippen LogP contribution in [0.2, 0.25) is 0 Å². The van der Waals surface area contributed by atoms with Crippen LogP contribution in [0.4, 0.5) is 0 Å². The molecule has 150 valence electrons. The lowest BCUT2D eigenvalue weighted by molar-refractivity contribution is -0.116. The van der Waals surface area contributed by atoms with Crippen molar-refractivity contribution in [3.63, 3.8) is 0 Å². The fourth-order valence-corrected chi connectivity index (χ4v) is 9.20. The highest BCUT2D eigenvalue weighted by Gasteiger charge is 2.44. The number of hydrogen-bond acceptors (Lipinski definition) is 3. The second kappa shape index (κ2) is 9.90. The fourth-order valence-electron chi connectivity index (χ4n) is 2.91. The molecule has 0 fully saturated rings. The summed E-state index contributed by atoms with van der Waals surface area (Å²) in [5, 5.41) is 0.0516. The topological polar surface area (TPSA) is 64.0 Å². The Morgan fingerprint density at radius 3 is 2.00 bits per heavy atom. The maximum absolute atomic E-state index is 13.0. The molecule has 0 heterocycles. The predicted octanol–water partition coefficient (Wildman–Crippen LogP) is 5.46. The van der Waals surface area contributed by atoms with Crippen molar-refractivity contribution in [1.82, 2.24) is 0 Å². The zero-order valence-corrected chi connectivity index (χ0v) is 18.6. The molecular weight excluding hydrogens is 368 g/mol. The molecule has 0 unspecified atom stereocenters. The zero-order chi connectivity index (χ0) is 20.0. The largest absolute Gasteiger partial charge is 0.421 e. The number of carbonyl (C=O) groups excluding carboxylic acids is 1. The van der Waals surface area contributed by atoms with Gasteiger partial charge in [-0.15, -0.1) is 8.42 Å². The van der Waals surface area contributed by atoms with Crippen LogP contribution >= 0.6 is 10.3 Å². The zero-order valence-electron chi connectivity index (χ0n) is 17.0. The molecule has 1 rings (SSSR count). The summed E-state index contributed by atoms with van der Waals surface area (Å²) in [4.78, 5) is 12.8. The molecular formula is C20H35O4S2+. The number of aryl methyl sites for hydroxylation is 1. The van der Waals surface area contributed by atoms with Crippen molar-refractivity contribution in [1.29, 1.82) is 0 Å². The standard InChI is InChI=1S/C20H34O4S2/c1-7-8-9-10-19(21)15-25(16(2)3,17(4)5)24-26(22,23)20-13-11-18(6)12-14-20/h11-14,16-17H,7-10,15H2,1-6H3/p+1. The van der Waals surface area contributed by atoms with Crippen LogP contribution in [0, 0.1) is 6.92 Å². The number of ketones is 1. The quantitative estimate of drug-likeness (QED) is 0.280. The van der Waals surface area contributed by atoms with E-state index in [1.54, 1.807) is 24.3 Å². The third kappa shape index (κ3) is 6.10. The Labute approximate surface area is 161 Å². The van der Waals surface area contributed by atoms with Crippen molar-refractivity contribution < 1.29 is 16.8 Å². The van der Waals surface area contributed by atoms with Crippen molar-refractivity contribution >= 4 is 26.2 Å². The maximum Gasteiger partial charge on any atom is 0.421 e. The average molecular weight is 404 g/mol. The first-order valence-electron chi connectivity index (χ1n) is 9.41. The lowest BCUT2D eigenvalue weighted by Crippen LogP contribution is -2.34. The number of benzene rings is 1. The SMILES string of the molecule is CCCCCC(=O)CS([OH+]S(=O)(=O)c1ccc(C)cc1)(C(C)C)C(C)C. The van der Waals surface area contributed by atoms with Crippen LogP contribution in [0.3, 0.4) is 0 Å². The third-order valence-corrected chi connectivity index (χ3v) is 11.5. The highest BCUT2D eigenvalue weighted by molar-refractivity contribution is 8.33. The summed E-state index contributed by atoms with van der Waals surface area (Å²) in [6.07, 6.45) is 3.47. The van der Waals surface area contributed by atoms with Crippen molar-refractivity contribution in [2.75, 3.05) is 5.75 Å². The van der Waals surface area contributed by atoms with Gasteiger partial charge in [-0.3, -0.25) is 8.42 Å². The Kier molecular flexibility index (Phi) is 8.83. The van der Waals surface area contributed by atoms with Gasteiger partial charge in [0.15, 0.2) is 0 Å². The minimum atomic E-state index is -3.79. The third-order valence-electron chi connectivity index (χ3n) is 4.64. The highest BCUT2D eigenvalue weighted by Crippen LogP contribution is 2.57. The van der Waals surface area contributed by atoms with E-state index in [-0.39, 0.29) is 26.9 Å². The van der Waals surface area contributed by atoms with E-state index in [1.807, 2.05) is 34.6 Å². The van der Waals surface area contributed by atoms with Crippen LogP contribution in [0.25, 0.3) is 0 Å². The molecule has 0 bridgehead atoms. The molecule has 0 aliphatic rings. The van der Waals surface area contributed by atoms with Crippen LogP contribution in [0.5, 0.6) is 0 Å². The molecule has 0 spiro atoms. The summed E-state index contributed by atoms with van der Waals surface area (Å²) in [5.41, 5.74) is 1.00. The summed E-state index contributed by atoms with van der Waals surface area (Å²) in [5.74, 6) is 0.399. The Hall–Kier alpha value is -0.850. The van der Waals surface area contributed by atoms with E-state index in [1.165, 1.54) is 0 Å². The lowest BCUT2D eigenvalue weighted by Gasteiger charge is -2.40. The molecule has 1 aromatic rings.